The Balaban J connectivity index is 0.000000954. The van der Waals surface area contributed by atoms with Crippen molar-refractivity contribution in [1.29, 1.82) is 0 Å². The molecule has 0 aliphatic carbocycles. The first-order valence-corrected chi connectivity index (χ1v) is 10.2. The summed E-state index contributed by atoms with van der Waals surface area (Å²) in [7, 11) is -6.09. The minimum atomic E-state index is -7.33. The molecule has 19 heteroatoms. The van der Waals surface area contributed by atoms with E-state index in [1.54, 1.807) is 0 Å². The Hall–Kier alpha value is -1.12. The van der Waals surface area contributed by atoms with Crippen LogP contribution in [0.1, 0.15) is 0 Å². The van der Waals surface area contributed by atoms with Gasteiger partial charge in [-0.2, -0.15) is 61.5 Å². The molecule has 0 saturated carbocycles. The van der Waals surface area contributed by atoms with Crippen LogP contribution in [-0.2, 0) is 10.1 Å². The van der Waals surface area contributed by atoms with E-state index in [1.165, 1.54) is 6.07 Å². The van der Waals surface area contributed by atoms with Crippen LogP contribution in [-0.4, -0.2) is 46.4 Å². The molecule has 0 saturated heterocycles. The topological polar surface area (TPSA) is 57.2 Å². The molecule has 1 rings (SSSR count). The molecule has 182 valence electrons. The van der Waals surface area contributed by atoms with Gasteiger partial charge in [-0.25, -0.2) is 8.42 Å². The minimum absolute atomic E-state index is 0.540. The summed E-state index contributed by atoms with van der Waals surface area (Å²) in [6, 6.07) is 5.14. The van der Waals surface area contributed by atoms with Crippen molar-refractivity contribution in [3.8, 4) is 0 Å². The molecule has 1 aromatic rings. The average molecular weight is 622 g/mol. The van der Waals surface area contributed by atoms with Gasteiger partial charge in [0, 0.05) is 0 Å². The normalized spacial score (nSPS) is 14.7. The van der Waals surface area contributed by atoms with E-state index in [4.69, 9.17) is 13.0 Å². The standard InChI is InChI=1S/C11H5F11I.CHF3O3S/c12-7(13,8(14,15)10(18,19)20)9(16,17)11(21,22)23-6-4-2-1-3-5-6;2-1(3,4)8(5,6)7/h1-5H;(H,5,6,7)/q+1;/p-1. The maximum Gasteiger partial charge on any atom is 0.516 e. The van der Waals surface area contributed by atoms with Gasteiger partial charge < -0.3 is 4.55 Å². The van der Waals surface area contributed by atoms with Crippen LogP contribution < -0.4 is 21.2 Å². The zero-order valence-corrected chi connectivity index (χ0v) is 16.7. The summed E-state index contributed by atoms with van der Waals surface area (Å²) in [5.74, 6) is -21.5. The first kappa shape index (κ1) is 29.9. The highest BCUT2D eigenvalue weighted by atomic mass is 127. The third kappa shape index (κ3) is 6.45. The molecule has 0 radical (unpaired) electrons. The van der Waals surface area contributed by atoms with Crippen LogP contribution in [0.15, 0.2) is 30.3 Å². The van der Waals surface area contributed by atoms with Crippen molar-refractivity contribution >= 4 is 10.1 Å². The molecule has 1 aromatic carbocycles. The number of alkyl halides is 15. The lowest BCUT2D eigenvalue weighted by atomic mass is 10.0. The van der Waals surface area contributed by atoms with Crippen LogP contribution in [0.2, 0.25) is 0 Å². The molecule has 0 amide bonds. The Morgan fingerprint density at radius 3 is 1.29 bits per heavy atom. The Bertz CT molecular complexity index is 832. The van der Waals surface area contributed by atoms with E-state index >= 15 is 0 Å². The van der Waals surface area contributed by atoms with Crippen molar-refractivity contribution in [1.82, 2.24) is 0 Å². The van der Waals surface area contributed by atoms with Crippen molar-refractivity contribution in [2.45, 2.75) is 33.4 Å². The van der Waals surface area contributed by atoms with Gasteiger partial charge in [0.2, 0.25) is 0 Å². The molecule has 0 fully saturated rings. The second-order valence-electron chi connectivity index (χ2n) is 5.01. The smallest absolute Gasteiger partial charge is 0.516 e. The van der Waals surface area contributed by atoms with Crippen LogP contribution in [0.5, 0.6) is 0 Å². The third-order valence-electron chi connectivity index (χ3n) is 2.75. The van der Waals surface area contributed by atoms with E-state index in [2.05, 4.69) is 0 Å². The largest absolute Gasteiger partial charge is 0.741 e. The lowest BCUT2D eigenvalue weighted by molar-refractivity contribution is -0.790. The zero-order chi connectivity index (χ0) is 25.3. The summed E-state index contributed by atoms with van der Waals surface area (Å²) in [5.41, 5.74) is -5.65. The first-order chi connectivity index (χ1) is 13.3. The summed E-state index contributed by atoms with van der Waals surface area (Å²) in [5, 5.41) is 0. The van der Waals surface area contributed by atoms with Crippen LogP contribution in [0.3, 0.4) is 0 Å². The Labute approximate surface area is 173 Å². The molecule has 0 N–H and O–H groups in total. The highest BCUT2D eigenvalue weighted by Gasteiger charge is 2.91. The van der Waals surface area contributed by atoms with Gasteiger partial charge >= 0.3 is 54.6 Å². The number of rotatable bonds is 5. The molecule has 31 heavy (non-hydrogen) atoms. The predicted octanol–water partition coefficient (Wildman–Crippen LogP) is 2.06. The zero-order valence-electron chi connectivity index (χ0n) is 13.7. The second-order valence-corrected chi connectivity index (χ2v) is 9.52. The summed E-state index contributed by atoms with van der Waals surface area (Å²) in [6.07, 6.45) is -7.12. The van der Waals surface area contributed by atoms with Crippen molar-refractivity contribution in [2.24, 2.45) is 0 Å². The fraction of sp³-hybridized carbons (Fsp3) is 0.500. The molecular formula is C12H5F14IO3S. The van der Waals surface area contributed by atoms with Crippen molar-refractivity contribution in [3.63, 3.8) is 0 Å². The van der Waals surface area contributed by atoms with Gasteiger partial charge in [-0.15, -0.1) is 0 Å². The lowest BCUT2D eigenvalue weighted by Crippen LogP contribution is -3.68. The van der Waals surface area contributed by atoms with E-state index in [0.29, 0.717) is 0 Å². The van der Waals surface area contributed by atoms with Crippen LogP contribution >= 0.6 is 0 Å². The SMILES string of the molecule is FC(F)(F)C(F)(F)C(F)(F)C(F)(F)C(F)(F)[I+]c1ccccc1.O=S(=O)([O-])C(F)(F)F. The monoisotopic (exact) mass is 622 g/mol. The van der Waals surface area contributed by atoms with E-state index in [1.807, 2.05) is 0 Å². The number of benzene rings is 1. The van der Waals surface area contributed by atoms with Gasteiger partial charge in [-0.1, -0.05) is 18.2 Å². The lowest BCUT2D eigenvalue weighted by Gasteiger charge is -2.33. The fourth-order valence-corrected chi connectivity index (χ4v) is 3.46. The Morgan fingerprint density at radius 1 is 0.645 bits per heavy atom. The van der Waals surface area contributed by atoms with Gasteiger partial charge in [0.1, 0.15) is 0 Å². The molecule has 0 aliphatic rings. The molecule has 3 nitrogen and oxygen atoms in total. The van der Waals surface area contributed by atoms with Crippen LogP contribution in [0.4, 0.5) is 61.5 Å². The molecule has 0 spiro atoms. The van der Waals surface area contributed by atoms with Crippen molar-refractivity contribution in [3.05, 3.63) is 33.9 Å². The maximum atomic E-state index is 13.4. The van der Waals surface area contributed by atoms with Crippen LogP contribution in [0, 0.1) is 3.57 Å². The van der Waals surface area contributed by atoms with Crippen LogP contribution in [0.25, 0.3) is 0 Å². The van der Waals surface area contributed by atoms with Crippen molar-refractivity contribution < 1.29 is 95.6 Å². The van der Waals surface area contributed by atoms with Gasteiger partial charge in [-0.3, -0.25) is 0 Å². The molecule has 0 unspecified atom stereocenters. The third-order valence-corrected chi connectivity index (χ3v) is 6.01. The molecule has 0 atom stereocenters. The fourth-order valence-electron chi connectivity index (χ4n) is 1.23. The quantitative estimate of drug-likeness (QED) is 0.166. The number of hydrogen-bond acceptors (Lipinski definition) is 3. The molecule has 0 heterocycles. The van der Waals surface area contributed by atoms with Gasteiger partial charge in [-0.05, 0) is 12.1 Å². The predicted molar refractivity (Wildman–Crippen MR) is 66.7 cm³/mol. The highest BCUT2D eigenvalue weighted by Crippen LogP contribution is 2.55. The van der Waals surface area contributed by atoms with E-state index < -0.39 is 68.3 Å². The molecule has 0 aliphatic heterocycles. The Kier molecular flexibility index (Phi) is 8.70. The van der Waals surface area contributed by atoms with Gasteiger partial charge in [0.05, 0.1) is 0 Å². The van der Waals surface area contributed by atoms with E-state index in [-0.39, 0.29) is 0 Å². The average Bonchev–Trinajstić information content (AvgIpc) is 2.52. The number of hydrogen-bond donors (Lipinski definition) is 0. The minimum Gasteiger partial charge on any atom is -0.741 e. The van der Waals surface area contributed by atoms with Gasteiger partial charge in [0.15, 0.2) is 13.7 Å². The van der Waals surface area contributed by atoms with Gasteiger partial charge in [0.25, 0.3) is 0 Å². The summed E-state index contributed by atoms with van der Waals surface area (Å²) >= 11 is -3.32. The molecular weight excluding hydrogens is 617 g/mol. The van der Waals surface area contributed by atoms with E-state index in [9.17, 15) is 61.5 Å². The Morgan fingerprint density at radius 2 is 1.00 bits per heavy atom. The first-order valence-electron chi connectivity index (χ1n) is 6.64. The summed E-state index contributed by atoms with van der Waals surface area (Å²) in [4.78, 5) is 0. The molecule has 0 bridgehead atoms. The maximum absolute atomic E-state index is 13.4. The highest BCUT2D eigenvalue weighted by molar-refractivity contribution is 7.86. The number of halogens is 15. The van der Waals surface area contributed by atoms with Crippen molar-refractivity contribution in [2.75, 3.05) is 0 Å². The van der Waals surface area contributed by atoms with E-state index in [0.717, 1.165) is 24.3 Å². The second kappa shape index (κ2) is 9.02. The summed E-state index contributed by atoms with van der Waals surface area (Å²) < 4.78 is 193. The molecule has 0 aromatic heterocycles. The summed E-state index contributed by atoms with van der Waals surface area (Å²) in [6.45, 7) is 0.